The van der Waals surface area contributed by atoms with Crippen LogP contribution in [-0.2, 0) is 0 Å². The van der Waals surface area contributed by atoms with E-state index in [2.05, 4.69) is 20.5 Å². The molecule has 0 aliphatic rings. The van der Waals surface area contributed by atoms with Crippen molar-refractivity contribution in [3.05, 3.63) is 29.7 Å². The summed E-state index contributed by atoms with van der Waals surface area (Å²) < 4.78 is 1.50. The maximum absolute atomic E-state index is 11.0. The first kappa shape index (κ1) is 9.45. The van der Waals surface area contributed by atoms with E-state index in [1.165, 1.54) is 17.8 Å². The summed E-state index contributed by atoms with van der Waals surface area (Å²) in [7, 11) is 0. The number of Topliss-reactive ketones (excluding diaryl/α,β-unsaturated/α-hetero) is 1. The summed E-state index contributed by atoms with van der Waals surface area (Å²) in [6.07, 6.45) is 1.51. The van der Waals surface area contributed by atoms with Crippen molar-refractivity contribution < 1.29 is 4.79 Å². The molecular weight excluding hydrogens is 194 g/mol. The fourth-order valence-corrected chi connectivity index (χ4v) is 1.16. The Labute approximate surface area is 85.9 Å². The number of carbonyl (C=O) groups is 1. The summed E-state index contributed by atoms with van der Waals surface area (Å²) in [6, 6.07) is 3.41. The Balaban J connectivity index is 2.40. The van der Waals surface area contributed by atoms with Gasteiger partial charge in [-0.05, 0) is 36.4 Å². The predicted molar refractivity (Wildman–Crippen MR) is 51.7 cm³/mol. The van der Waals surface area contributed by atoms with Gasteiger partial charge in [0.2, 0.25) is 0 Å². The van der Waals surface area contributed by atoms with Crippen LogP contribution in [0.1, 0.15) is 23.1 Å². The largest absolute Gasteiger partial charge is 0.294 e. The second kappa shape index (κ2) is 3.56. The first-order valence-corrected chi connectivity index (χ1v) is 4.41. The van der Waals surface area contributed by atoms with Crippen LogP contribution in [0.3, 0.4) is 0 Å². The van der Waals surface area contributed by atoms with E-state index in [0.29, 0.717) is 17.2 Å². The minimum Gasteiger partial charge on any atom is -0.294 e. The molecule has 0 unspecified atom stereocenters. The molecule has 0 aromatic carbocycles. The first-order valence-electron chi connectivity index (χ1n) is 4.41. The van der Waals surface area contributed by atoms with Crippen molar-refractivity contribution in [3.63, 3.8) is 0 Å². The molecule has 2 rings (SSSR count). The molecule has 6 nitrogen and oxygen atoms in total. The van der Waals surface area contributed by atoms with Gasteiger partial charge < -0.3 is 0 Å². The van der Waals surface area contributed by atoms with Crippen LogP contribution in [0.15, 0.2) is 18.3 Å². The molecule has 6 heteroatoms. The van der Waals surface area contributed by atoms with Crippen LogP contribution in [0, 0.1) is 6.92 Å². The average molecular weight is 203 g/mol. The lowest BCUT2D eigenvalue weighted by Crippen LogP contribution is -2.03. The Morgan fingerprint density at radius 1 is 1.40 bits per heavy atom. The second-order valence-electron chi connectivity index (χ2n) is 3.10. The monoisotopic (exact) mass is 203 g/mol. The quantitative estimate of drug-likeness (QED) is 0.667. The predicted octanol–water partition coefficient (Wildman–Crippen LogP) is 0.568. The lowest BCUT2D eigenvalue weighted by molar-refractivity contribution is 0.101. The molecule has 0 bridgehead atoms. The Morgan fingerprint density at radius 3 is 2.67 bits per heavy atom. The molecule has 0 spiro atoms. The molecule has 76 valence electrons. The normalized spacial score (nSPS) is 10.3. The van der Waals surface area contributed by atoms with Gasteiger partial charge in [0.15, 0.2) is 17.4 Å². The van der Waals surface area contributed by atoms with Crippen molar-refractivity contribution in [3.8, 4) is 5.82 Å². The number of pyridine rings is 1. The molecule has 0 saturated carbocycles. The molecule has 0 saturated heterocycles. The fraction of sp³-hybridized carbons (Fsp3) is 0.222. The standard InChI is InChI=1S/C9H9N5O/c1-6(15)8-3-4-9(10-5-8)14-7(2)11-12-13-14/h3-5H,1-2H3. The highest BCUT2D eigenvalue weighted by molar-refractivity contribution is 5.93. The van der Waals surface area contributed by atoms with Crippen LogP contribution in [0.5, 0.6) is 0 Å². The minimum absolute atomic E-state index is 0.0116. The van der Waals surface area contributed by atoms with Gasteiger partial charge in [0.1, 0.15) is 0 Å². The zero-order chi connectivity index (χ0) is 10.8. The van der Waals surface area contributed by atoms with E-state index in [1.807, 2.05) is 0 Å². The topological polar surface area (TPSA) is 73.6 Å². The third-order valence-electron chi connectivity index (χ3n) is 2.00. The van der Waals surface area contributed by atoms with Gasteiger partial charge in [-0.1, -0.05) is 0 Å². The number of tetrazole rings is 1. The smallest absolute Gasteiger partial charge is 0.161 e. The van der Waals surface area contributed by atoms with Gasteiger partial charge in [-0.2, -0.15) is 4.68 Å². The van der Waals surface area contributed by atoms with Crippen LogP contribution < -0.4 is 0 Å². The molecule has 0 N–H and O–H groups in total. The fourth-order valence-electron chi connectivity index (χ4n) is 1.16. The van der Waals surface area contributed by atoms with Gasteiger partial charge in [0.25, 0.3) is 0 Å². The molecule has 0 atom stereocenters. The Hall–Kier alpha value is -2.11. The maximum atomic E-state index is 11.0. The molecule has 2 aromatic rings. The van der Waals surface area contributed by atoms with Crippen molar-refractivity contribution in [2.45, 2.75) is 13.8 Å². The molecule has 0 aliphatic heterocycles. The van der Waals surface area contributed by atoms with Gasteiger partial charge in [-0.25, -0.2) is 4.98 Å². The van der Waals surface area contributed by atoms with Gasteiger partial charge in [0.05, 0.1) is 0 Å². The van der Waals surface area contributed by atoms with Crippen molar-refractivity contribution in [1.29, 1.82) is 0 Å². The highest BCUT2D eigenvalue weighted by atomic mass is 16.1. The van der Waals surface area contributed by atoms with Crippen LogP contribution in [0.25, 0.3) is 5.82 Å². The van der Waals surface area contributed by atoms with Crippen LogP contribution in [0.4, 0.5) is 0 Å². The SMILES string of the molecule is CC(=O)c1ccc(-n2nnnc2C)nc1. The summed E-state index contributed by atoms with van der Waals surface area (Å²) in [5, 5.41) is 11.0. The molecule has 0 radical (unpaired) electrons. The molecule has 15 heavy (non-hydrogen) atoms. The van der Waals surface area contributed by atoms with Gasteiger partial charge in [0, 0.05) is 11.8 Å². The third-order valence-corrected chi connectivity index (χ3v) is 2.00. The van der Waals surface area contributed by atoms with Crippen LogP contribution >= 0.6 is 0 Å². The van der Waals surface area contributed by atoms with Crippen molar-refractivity contribution in [1.82, 2.24) is 25.2 Å². The number of ketones is 1. The molecule has 2 aromatic heterocycles. The number of aromatic nitrogens is 5. The Morgan fingerprint density at radius 2 is 2.20 bits per heavy atom. The van der Waals surface area contributed by atoms with Gasteiger partial charge >= 0.3 is 0 Å². The number of nitrogens with zero attached hydrogens (tertiary/aromatic N) is 5. The molecule has 0 amide bonds. The molecule has 0 aliphatic carbocycles. The zero-order valence-electron chi connectivity index (χ0n) is 8.38. The second-order valence-corrected chi connectivity index (χ2v) is 3.10. The van der Waals surface area contributed by atoms with Crippen LogP contribution in [-0.4, -0.2) is 31.0 Å². The zero-order valence-corrected chi connectivity index (χ0v) is 8.38. The van der Waals surface area contributed by atoms with Crippen molar-refractivity contribution >= 4 is 5.78 Å². The average Bonchev–Trinajstić information content (AvgIpc) is 2.65. The van der Waals surface area contributed by atoms with E-state index in [1.54, 1.807) is 19.1 Å². The van der Waals surface area contributed by atoms with E-state index in [-0.39, 0.29) is 5.78 Å². The van der Waals surface area contributed by atoms with E-state index in [0.717, 1.165) is 0 Å². The number of hydrogen-bond donors (Lipinski definition) is 0. The highest BCUT2D eigenvalue weighted by Gasteiger charge is 2.05. The molecule has 0 fully saturated rings. The third kappa shape index (κ3) is 1.74. The lowest BCUT2D eigenvalue weighted by Gasteiger charge is -2.00. The molecule has 2 heterocycles. The van der Waals surface area contributed by atoms with Gasteiger partial charge in [-0.15, -0.1) is 5.10 Å². The Kier molecular flexibility index (Phi) is 2.24. The van der Waals surface area contributed by atoms with E-state index < -0.39 is 0 Å². The van der Waals surface area contributed by atoms with E-state index in [9.17, 15) is 4.79 Å². The number of hydrogen-bond acceptors (Lipinski definition) is 5. The summed E-state index contributed by atoms with van der Waals surface area (Å²) >= 11 is 0. The first-order chi connectivity index (χ1) is 7.18. The van der Waals surface area contributed by atoms with E-state index >= 15 is 0 Å². The maximum Gasteiger partial charge on any atom is 0.161 e. The Bertz CT molecular complexity index is 487. The lowest BCUT2D eigenvalue weighted by atomic mass is 10.2. The summed E-state index contributed by atoms with van der Waals surface area (Å²) in [5.74, 6) is 1.24. The number of aryl methyl sites for hydroxylation is 1. The number of carbonyl (C=O) groups excluding carboxylic acids is 1. The van der Waals surface area contributed by atoms with Crippen molar-refractivity contribution in [2.24, 2.45) is 0 Å². The molecular formula is C9H9N5O. The van der Waals surface area contributed by atoms with E-state index in [4.69, 9.17) is 0 Å². The summed E-state index contributed by atoms with van der Waals surface area (Å²) in [5.41, 5.74) is 0.574. The number of rotatable bonds is 2. The summed E-state index contributed by atoms with van der Waals surface area (Å²) in [4.78, 5) is 15.1. The minimum atomic E-state index is -0.0116. The van der Waals surface area contributed by atoms with Crippen LogP contribution in [0.2, 0.25) is 0 Å². The van der Waals surface area contributed by atoms with Crippen molar-refractivity contribution in [2.75, 3.05) is 0 Å². The van der Waals surface area contributed by atoms with Gasteiger partial charge in [-0.3, -0.25) is 4.79 Å². The summed E-state index contributed by atoms with van der Waals surface area (Å²) in [6.45, 7) is 3.28. The highest BCUT2D eigenvalue weighted by Crippen LogP contribution is 2.05.